The van der Waals surface area contributed by atoms with Crippen LogP contribution in [0.3, 0.4) is 0 Å². The molecule has 4 N–H and O–H groups in total. The fraction of sp³-hybridized carbons (Fsp3) is 0.115. The van der Waals surface area contributed by atoms with E-state index in [1.807, 2.05) is 41.8 Å². The number of nitrogens with one attached hydrogen (secondary N) is 2. The van der Waals surface area contributed by atoms with Crippen LogP contribution in [0, 0.1) is 0 Å². The molecule has 0 fully saturated rings. The van der Waals surface area contributed by atoms with Gasteiger partial charge in [0.15, 0.2) is 0 Å². The van der Waals surface area contributed by atoms with Gasteiger partial charge in [0.25, 0.3) is 11.8 Å². The number of aromatic nitrogens is 3. The summed E-state index contributed by atoms with van der Waals surface area (Å²) in [5.41, 5.74) is 8.75. The lowest BCUT2D eigenvalue weighted by Crippen LogP contribution is -2.21. The molecule has 10 heteroatoms. The van der Waals surface area contributed by atoms with Gasteiger partial charge in [-0.1, -0.05) is 30.3 Å². The van der Waals surface area contributed by atoms with E-state index in [9.17, 15) is 9.59 Å². The Kier molecular flexibility index (Phi) is 6.17. The van der Waals surface area contributed by atoms with Gasteiger partial charge in [0.1, 0.15) is 11.6 Å². The van der Waals surface area contributed by atoms with Crippen LogP contribution in [0.5, 0.6) is 0 Å². The molecular weight excluding hydrogens is 474 g/mol. The number of thiophene rings is 1. The number of fused-ring (bicyclic) bond motifs is 2. The predicted octanol–water partition coefficient (Wildman–Crippen LogP) is 4.39. The summed E-state index contributed by atoms with van der Waals surface area (Å²) in [6.07, 6.45) is 0. The number of amides is 2. The number of hydrogen-bond acceptors (Lipinski definition) is 8. The molecule has 3 aromatic heterocycles. The van der Waals surface area contributed by atoms with Gasteiger partial charge in [0, 0.05) is 30.7 Å². The first kappa shape index (κ1) is 23.2. The van der Waals surface area contributed by atoms with Crippen LogP contribution < -0.4 is 16.4 Å². The molecule has 0 atom stereocenters. The second kappa shape index (κ2) is 9.59. The summed E-state index contributed by atoms with van der Waals surface area (Å²) in [6, 6.07) is 18.7. The SMILES string of the molecule is CN(C)C(=O)c1cccc(NCc2nc(NC(=O)c3nc(N)c4sccc4n3)cc3ccccc23)c1. The van der Waals surface area contributed by atoms with Gasteiger partial charge in [-0.2, -0.15) is 0 Å². The van der Waals surface area contributed by atoms with Crippen LogP contribution in [0.15, 0.2) is 66.0 Å². The number of carbonyl (C=O) groups is 2. The van der Waals surface area contributed by atoms with Crippen LogP contribution >= 0.6 is 11.3 Å². The van der Waals surface area contributed by atoms with Crippen molar-refractivity contribution < 1.29 is 9.59 Å². The molecule has 5 rings (SSSR count). The summed E-state index contributed by atoms with van der Waals surface area (Å²) in [5, 5.41) is 9.87. The predicted molar refractivity (Wildman–Crippen MR) is 143 cm³/mol. The van der Waals surface area contributed by atoms with Gasteiger partial charge in [0.2, 0.25) is 5.82 Å². The van der Waals surface area contributed by atoms with Crippen LogP contribution in [-0.2, 0) is 6.54 Å². The number of nitrogens with two attached hydrogens (primary N) is 1. The Labute approximate surface area is 211 Å². The summed E-state index contributed by atoms with van der Waals surface area (Å²) >= 11 is 1.43. The third-order valence-corrected chi connectivity index (χ3v) is 6.50. The first-order valence-corrected chi connectivity index (χ1v) is 12.0. The van der Waals surface area contributed by atoms with E-state index in [-0.39, 0.29) is 17.5 Å². The molecule has 2 amide bonds. The Morgan fingerprint density at radius 2 is 1.83 bits per heavy atom. The molecule has 0 bridgehead atoms. The maximum atomic E-state index is 12.9. The number of anilines is 3. The molecule has 3 heterocycles. The summed E-state index contributed by atoms with van der Waals surface area (Å²) in [7, 11) is 3.44. The Balaban J connectivity index is 1.41. The quantitative estimate of drug-likeness (QED) is 0.318. The highest BCUT2D eigenvalue weighted by Gasteiger charge is 2.16. The van der Waals surface area contributed by atoms with E-state index in [4.69, 9.17) is 5.73 Å². The van der Waals surface area contributed by atoms with Gasteiger partial charge in [-0.15, -0.1) is 11.3 Å². The highest BCUT2D eigenvalue weighted by Crippen LogP contribution is 2.25. The minimum absolute atomic E-state index is 0.0181. The fourth-order valence-electron chi connectivity index (χ4n) is 3.84. The lowest BCUT2D eigenvalue weighted by molar-refractivity contribution is 0.0827. The minimum Gasteiger partial charge on any atom is -0.382 e. The van der Waals surface area contributed by atoms with Gasteiger partial charge in [-0.25, -0.2) is 15.0 Å². The van der Waals surface area contributed by atoms with E-state index in [0.29, 0.717) is 23.4 Å². The molecule has 5 aromatic rings. The number of pyridine rings is 1. The molecular formula is C26H23N7O2S. The molecule has 0 spiro atoms. The number of hydrogen-bond donors (Lipinski definition) is 3. The van der Waals surface area contributed by atoms with Gasteiger partial charge in [-0.05, 0) is 41.1 Å². The lowest BCUT2D eigenvalue weighted by Gasteiger charge is -2.14. The smallest absolute Gasteiger partial charge is 0.294 e. The molecule has 0 radical (unpaired) electrons. The Hall–Kier alpha value is -4.57. The second-order valence-electron chi connectivity index (χ2n) is 8.33. The molecule has 0 unspecified atom stereocenters. The van der Waals surface area contributed by atoms with Crippen molar-refractivity contribution in [2.24, 2.45) is 0 Å². The Morgan fingerprint density at radius 3 is 2.67 bits per heavy atom. The Bertz CT molecular complexity index is 1610. The van der Waals surface area contributed by atoms with Crippen LogP contribution in [-0.4, -0.2) is 45.8 Å². The van der Waals surface area contributed by atoms with Gasteiger partial charge < -0.3 is 21.3 Å². The van der Waals surface area contributed by atoms with E-state index >= 15 is 0 Å². The normalized spacial score (nSPS) is 10.9. The van der Waals surface area contributed by atoms with Crippen LogP contribution in [0.2, 0.25) is 0 Å². The molecule has 0 aliphatic rings. The summed E-state index contributed by atoms with van der Waals surface area (Å²) in [6.45, 7) is 0.383. The topological polar surface area (TPSA) is 126 Å². The van der Waals surface area contributed by atoms with Crippen molar-refractivity contribution >= 4 is 61.5 Å². The molecule has 9 nitrogen and oxygen atoms in total. The third kappa shape index (κ3) is 4.66. The number of nitrogens with zero attached hydrogens (tertiary/aromatic N) is 4. The molecule has 2 aromatic carbocycles. The average molecular weight is 498 g/mol. The third-order valence-electron chi connectivity index (χ3n) is 5.57. The molecule has 0 aliphatic heterocycles. The molecule has 0 saturated carbocycles. The van der Waals surface area contributed by atoms with Crippen LogP contribution in [0.1, 0.15) is 26.7 Å². The summed E-state index contributed by atoms with van der Waals surface area (Å²) < 4.78 is 0.750. The highest BCUT2D eigenvalue weighted by atomic mass is 32.1. The van der Waals surface area contributed by atoms with Crippen molar-refractivity contribution in [1.82, 2.24) is 19.9 Å². The van der Waals surface area contributed by atoms with Crippen LogP contribution in [0.4, 0.5) is 17.3 Å². The van der Waals surface area contributed by atoms with E-state index in [0.717, 1.165) is 26.9 Å². The largest absolute Gasteiger partial charge is 0.382 e. The van der Waals surface area contributed by atoms with E-state index < -0.39 is 5.91 Å². The molecule has 180 valence electrons. The zero-order valence-electron chi connectivity index (χ0n) is 19.6. The van der Waals surface area contributed by atoms with Gasteiger partial charge in [-0.3, -0.25) is 9.59 Å². The Morgan fingerprint density at radius 1 is 1.00 bits per heavy atom. The monoisotopic (exact) mass is 497 g/mol. The molecule has 0 aliphatic carbocycles. The fourth-order valence-corrected chi connectivity index (χ4v) is 4.57. The van der Waals surface area contributed by atoms with Gasteiger partial charge in [0.05, 0.1) is 22.5 Å². The molecule has 0 saturated heterocycles. The van der Waals surface area contributed by atoms with Crippen LogP contribution in [0.25, 0.3) is 21.0 Å². The lowest BCUT2D eigenvalue weighted by atomic mass is 10.1. The standard InChI is InChI=1S/C26H23N7O2S/c1-33(2)26(35)16-7-5-8-17(12-16)28-14-20-18-9-4-3-6-15(18)13-21(29-20)31-25(34)24-30-19-10-11-36-22(19)23(27)32-24/h3-13,28H,14H2,1-2H3,(H2,27,30,32)(H,29,31,34). The number of carbonyl (C=O) groups excluding carboxylic acids is 2. The molecule has 36 heavy (non-hydrogen) atoms. The number of nitrogen functional groups attached to an aromatic ring is 1. The van der Waals surface area contributed by atoms with Crippen molar-refractivity contribution in [2.45, 2.75) is 6.54 Å². The number of benzene rings is 2. The van der Waals surface area contributed by atoms with Crippen molar-refractivity contribution in [3.63, 3.8) is 0 Å². The van der Waals surface area contributed by atoms with Crippen molar-refractivity contribution in [2.75, 3.05) is 30.5 Å². The maximum absolute atomic E-state index is 12.9. The zero-order valence-corrected chi connectivity index (χ0v) is 20.5. The van der Waals surface area contributed by atoms with Crippen molar-refractivity contribution in [3.05, 3.63) is 83.1 Å². The van der Waals surface area contributed by atoms with E-state index in [1.54, 1.807) is 38.4 Å². The first-order chi connectivity index (χ1) is 17.4. The second-order valence-corrected chi connectivity index (χ2v) is 9.25. The summed E-state index contributed by atoms with van der Waals surface area (Å²) in [4.78, 5) is 40.0. The highest BCUT2D eigenvalue weighted by molar-refractivity contribution is 7.17. The van der Waals surface area contributed by atoms with E-state index in [2.05, 4.69) is 25.6 Å². The first-order valence-electron chi connectivity index (χ1n) is 11.2. The van der Waals surface area contributed by atoms with Crippen molar-refractivity contribution in [1.29, 1.82) is 0 Å². The maximum Gasteiger partial charge on any atom is 0.294 e. The zero-order chi connectivity index (χ0) is 25.2. The minimum atomic E-state index is -0.494. The van der Waals surface area contributed by atoms with Gasteiger partial charge >= 0.3 is 0 Å². The number of rotatable bonds is 6. The van der Waals surface area contributed by atoms with Crippen molar-refractivity contribution in [3.8, 4) is 0 Å². The van der Waals surface area contributed by atoms with E-state index in [1.165, 1.54) is 16.2 Å². The summed E-state index contributed by atoms with van der Waals surface area (Å²) in [5.74, 6) is 0.0586. The average Bonchev–Trinajstić information content (AvgIpc) is 3.36.